The van der Waals surface area contributed by atoms with Gasteiger partial charge in [0, 0.05) is 27.1 Å². The van der Waals surface area contributed by atoms with E-state index < -0.39 is 11.7 Å². The summed E-state index contributed by atoms with van der Waals surface area (Å²) in [5, 5.41) is 3.59. The lowest BCUT2D eigenvalue weighted by molar-refractivity contribution is -0.119. The predicted octanol–water partition coefficient (Wildman–Crippen LogP) is 3.76. The maximum Gasteiger partial charge on any atom is 0.348 e. The van der Waals surface area contributed by atoms with Crippen molar-refractivity contribution >= 4 is 34.8 Å². The highest BCUT2D eigenvalue weighted by molar-refractivity contribution is 6.35. The first kappa shape index (κ1) is 17.5. The zero-order valence-corrected chi connectivity index (χ0v) is 14.6. The number of halogens is 2. The molecule has 2 rings (SSSR count). The highest BCUT2D eigenvalue weighted by Crippen LogP contribution is 2.23. The van der Waals surface area contributed by atoms with Gasteiger partial charge >= 0.3 is 5.69 Å². The Kier molecular flexibility index (Phi) is 5.44. The normalized spacial score (nSPS) is 12.0. The highest BCUT2D eigenvalue weighted by Gasteiger charge is 2.22. The van der Waals surface area contributed by atoms with Crippen molar-refractivity contribution in [2.45, 2.75) is 33.2 Å². The molecule has 1 unspecified atom stereocenters. The fourth-order valence-corrected chi connectivity index (χ4v) is 3.00. The number of carbonyl (C=O) groups excluding carboxylic acids is 1. The molecule has 1 aromatic carbocycles. The predicted molar refractivity (Wildman–Crippen MR) is 92.4 cm³/mol. The Morgan fingerprint density at radius 1 is 1.22 bits per heavy atom. The van der Waals surface area contributed by atoms with E-state index in [9.17, 15) is 9.59 Å². The van der Waals surface area contributed by atoms with E-state index in [4.69, 9.17) is 23.2 Å². The third-order valence-corrected chi connectivity index (χ3v) is 3.84. The van der Waals surface area contributed by atoms with Crippen molar-refractivity contribution in [3.63, 3.8) is 0 Å². The van der Waals surface area contributed by atoms with E-state index >= 15 is 0 Å². The summed E-state index contributed by atoms with van der Waals surface area (Å²) in [4.78, 5) is 28.6. The number of aryl methyl sites for hydroxylation is 2. The summed E-state index contributed by atoms with van der Waals surface area (Å²) in [7, 11) is 0. The largest absolute Gasteiger partial charge is 0.348 e. The molecule has 0 aliphatic rings. The second-order valence-electron chi connectivity index (χ2n) is 5.26. The quantitative estimate of drug-likeness (QED) is 0.909. The van der Waals surface area contributed by atoms with Crippen LogP contribution < -0.4 is 11.0 Å². The number of benzene rings is 1. The Labute approximate surface area is 144 Å². The summed E-state index contributed by atoms with van der Waals surface area (Å²) >= 11 is 11.9. The summed E-state index contributed by atoms with van der Waals surface area (Å²) in [6, 6.07) is 5.89. The van der Waals surface area contributed by atoms with Gasteiger partial charge in [-0.05, 0) is 44.5 Å². The Balaban J connectivity index is 2.34. The molecule has 1 aromatic heterocycles. The Bertz CT molecular complexity index is 782. The summed E-state index contributed by atoms with van der Waals surface area (Å²) in [5.74, 6) is -0.318. The van der Waals surface area contributed by atoms with Gasteiger partial charge in [-0.1, -0.05) is 30.1 Å². The van der Waals surface area contributed by atoms with Gasteiger partial charge in [0.15, 0.2) is 0 Å². The average Bonchev–Trinajstić information content (AvgIpc) is 2.41. The van der Waals surface area contributed by atoms with E-state index in [1.165, 1.54) is 4.57 Å². The SMILES string of the molecule is CCC(C(=O)Nc1cc(Cl)cc(Cl)c1)n1c(C)cc(C)nc1=O. The molecule has 7 heteroatoms. The first-order valence-corrected chi connectivity index (χ1v) is 7.91. The van der Waals surface area contributed by atoms with Crippen LogP contribution in [0.25, 0.3) is 0 Å². The fraction of sp³-hybridized carbons (Fsp3) is 0.312. The zero-order valence-electron chi connectivity index (χ0n) is 13.1. The van der Waals surface area contributed by atoms with Crippen molar-refractivity contribution in [3.05, 3.63) is 56.2 Å². The lowest BCUT2D eigenvalue weighted by Gasteiger charge is -2.20. The van der Waals surface area contributed by atoms with Crippen molar-refractivity contribution < 1.29 is 4.79 Å². The summed E-state index contributed by atoms with van der Waals surface area (Å²) in [6.07, 6.45) is 0.450. The maximum absolute atomic E-state index is 12.6. The molecular weight excluding hydrogens is 337 g/mol. The van der Waals surface area contributed by atoms with Crippen molar-refractivity contribution in [1.82, 2.24) is 9.55 Å². The van der Waals surface area contributed by atoms with Gasteiger partial charge in [-0.2, -0.15) is 4.98 Å². The molecule has 0 aliphatic carbocycles. The number of carbonyl (C=O) groups is 1. The van der Waals surface area contributed by atoms with Crippen molar-refractivity contribution in [1.29, 1.82) is 0 Å². The van der Waals surface area contributed by atoms with Gasteiger partial charge in [0.1, 0.15) is 6.04 Å². The number of hydrogen-bond donors (Lipinski definition) is 1. The Hall–Kier alpha value is -1.85. The molecule has 2 aromatic rings. The topological polar surface area (TPSA) is 64.0 Å². The van der Waals surface area contributed by atoms with E-state index in [0.717, 1.165) is 0 Å². The minimum atomic E-state index is -0.659. The zero-order chi connectivity index (χ0) is 17.1. The van der Waals surface area contributed by atoms with Crippen LogP contribution in [0.2, 0.25) is 10.0 Å². The molecular formula is C16H17Cl2N3O2. The molecule has 0 saturated heterocycles. The number of amides is 1. The van der Waals surface area contributed by atoms with Crippen LogP contribution in [0.15, 0.2) is 29.1 Å². The standard InChI is InChI=1S/C16H17Cl2N3O2/c1-4-14(21-10(3)5-9(2)19-16(21)23)15(22)20-13-7-11(17)6-12(18)8-13/h5-8,14H,4H2,1-3H3,(H,20,22). The fourth-order valence-electron chi connectivity index (χ4n) is 2.48. The van der Waals surface area contributed by atoms with Gasteiger partial charge < -0.3 is 5.32 Å². The van der Waals surface area contributed by atoms with E-state index in [2.05, 4.69) is 10.3 Å². The smallest absolute Gasteiger partial charge is 0.324 e. The molecule has 1 heterocycles. The summed E-state index contributed by atoms with van der Waals surface area (Å²) < 4.78 is 1.40. The molecule has 1 atom stereocenters. The number of rotatable bonds is 4. The van der Waals surface area contributed by atoms with E-state index in [-0.39, 0.29) is 5.91 Å². The number of nitrogens with one attached hydrogen (secondary N) is 1. The van der Waals surface area contributed by atoms with Crippen LogP contribution in [-0.4, -0.2) is 15.5 Å². The molecule has 0 saturated carbocycles. The van der Waals surface area contributed by atoms with Crippen LogP contribution in [0.5, 0.6) is 0 Å². The van der Waals surface area contributed by atoms with Crippen molar-refractivity contribution in [2.24, 2.45) is 0 Å². The number of aromatic nitrogens is 2. The van der Waals surface area contributed by atoms with Crippen LogP contribution in [0.4, 0.5) is 5.69 Å². The highest BCUT2D eigenvalue weighted by atomic mass is 35.5. The van der Waals surface area contributed by atoms with Crippen LogP contribution in [-0.2, 0) is 4.79 Å². The molecule has 122 valence electrons. The van der Waals surface area contributed by atoms with Gasteiger partial charge in [-0.15, -0.1) is 0 Å². The molecule has 0 bridgehead atoms. The third kappa shape index (κ3) is 4.12. The molecule has 0 spiro atoms. The molecule has 0 radical (unpaired) electrons. The second-order valence-corrected chi connectivity index (χ2v) is 6.14. The van der Waals surface area contributed by atoms with Gasteiger partial charge in [-0.3, -0.25) is 9.36 Å². The first-order valence-electron chi connectivity index (χ1n) is 7.15. The van der Waals surface area contributed by atoms with Crippen molar-refractivity contribution in [3.8, 4) is 0 Å². The molecule has 1 N–H and O–H groups in total. The van der Waals surface area contributed by atoms with E-state index in [0.29, 0.717) is 33.5 Å². The molecule has 0 aliphatic heterocycles. The molecule has 1 amide bonds. The van der Waals surface area contributed by atoms with Crippen molar-refractivity contribution in [2.75, 3.05) is 5.32 Å². The first-order chi connectivity index (χ1) is 10.8. The van der Waals surface area contributed by atoms with Gasteiger partial charge in [0.25, 0.3) is 0 Å². The summed E-state index contributed by atoms with van der Waals surface area (Å²) in [6.45, 7) is 5.36. The average molecular weight is 354 g/mol. The van der Waals surface area contributed by atoms with Crippen LogP contribution in [0.1, 0.15) is 30.8 Å². The maximum atomic E-state index is 12.6. The van der Waals surface area contributed by atoms with Gasteiger partial charge in [0.05, 0.1) is 0 Å². The molecule has 0 fully saturated rings. The minimum absolute atomic E-state index is 0.318. The second kappa shape index (κ2) is 7.15. The van der Waals surface area contributed by atoms with Crippen LogP contribution >= 0.6 is 23.2 Å². The van der Waals surface area contributed by atoms with Crippen LogP contribution in [0, 0.1) is 13.8 Å². The number of anilines is 1. The lowest BCUT2D eigenvalue weighted by atomic mass is 10.1. The van der Waals surface area contributed by atoms with Gasteiger partial charge in [0.2, 0.25) is 5.91 Å². The lowest BCUT2D eigenvalue weighted by Crippen LogP contribution is -2.36. The summed E-state index contributed by atoms with van der Waals surface area (Å²) in [5.41, 5.74) is 1.36. The van der Waals surface area contributed by atoms with E-state index in [1.54, 1.807) is 38.1 Å². The van der Waals surface area contributed by atoms with E-state index in [1.807, 2.05) is 6.92 Å². The monoisotopic (exact) mass is 353 g/mol. The van der Waals surface area contributed by atoms with Crippen LogP contribution in [0.3, 0.4) is 0 Å². The molecule has 5 nitrogen and oxygen atoms in total. The molecule has 23 heavy (non-hydrogen) atoms. The third-order valence-electron chi connectivity index (χ3n) is 3.41. The minimum Gasteiger partial charge on any atom is -0.324 e. The Morgan fingerprint density at radius 3 is 2.35 bits per heavy atom. The Morgan fingerprint density at radius 2 is 1.83 bits per heavy atom. The number of nitrogens with zero attached hydrogens (tertiary/aromatic N) is 2. The number of hydrogen-bond acceptors (Lipinski definition) is 3. The van der Waals surface area contributed by atoms with Gasteiger partial charge in [-0.25, -0.2) is 4.79 Å².